The van der Waals surface area contributed by atoms with Crippen LogP contribution in [0.25, 0.3) is 11.4 Å². The topological polar surface area (TPSA) is 106 Å². The molecule has 3 aromatic rings. The third-order valence-corrected chi connectivity index (χ3v) is 5.05. The van der Waals surface area contributed by atoms with Crippen LogP contribution in [0, 0.1) is 6.92 Å². The average molecular weight is 408 g/mol. The number of piperazine rings is 1. The number of aromatic nitrogens is 3. The fourth-order valence-corrected chi connectivity index (χ4v) is 3.44. The zero-order valence-corrected chi connectivity index (χ0v) is 16.4. The smallest absolute Gasteiger partial charge is 0.321 e. The van der Waals surface area contributed by atoms with Gasteiger partial charge in [0.15, 0.2) is 11.5 Å². The molecule has 10 nitrogen and oxygen atoms in total. The molecule has 1 fully saturated rings. The van der Waals surface area contributed by atoms with Crippen LogP contribution < -0.4 is 19.7 Å². The fourth-order valence-electron chi connectivity index (χ4n) is 3.44. The summed E-state index contributed by atoms with van der Waals surface area (Å²) in [5, 5.41) is 6.82. The number of carbonyl (C=O) groups is 1. The van der Waals surface area contributed by atoms with Gasteiger partial charge in [0.2, 0.25) is 18.5 Å². The minimum absolute atomic E-state index is 0.135. The summed E-state index contributed by atoms with van der Waals surface area (Å²) in [5.74, 6) is 3.23. The summed E-state index contributed by atoms with van der Waals surface area (Å²) in [5.41, 5.74) is 1.48. The molecule has 1 aromatic carbocycles. The molecule has 0 radical (unpaired) electrons. The van der Waals surface area contributed by atoms with Gasteiger partial charge >= 0.3 is 6.03 Å². The lowest BCUT2D eigenvalue weighted by Crippen LogP contribution is -2.50. The minimum atomic E-state index is -0.135. The van der Waals surface area contributed by atoms with Crippen LogP contribution in [0.4, 0.5) is 16.3 Å². The molecular formula is C20H20N6O4. The maximum atomic E-state index is 12.6. The standard InChI is InChI=1S/C20H20N6O4/c1-13-22-19(24-30-13)14-2-5-18(21-11-14)25-6-8-26(9-7-25)20(27)23-15-3-4-16-17(10-15)29-12-28-16/h2-5,10-11H,6-9,12H2,1H3,(H,23,27). The zero-order valence-electron chi connectivity index (χ0n) is 16.4. The third-order valence-electron chi connectivity index (χ3n) is 5.05. The number of amides is 2. The van der Waals surface area contributed by atoms with E-state index in [4.69, 9.17) is 14.0 Å². The molecule has 30 heavy (non-hydrogen) atoms. The number of ether oxygens (including phenoxy) is 2. The highest BCUT2D eigenvalue weighted by Gasteiger charge is 2.23. The zero-order chi connectivity index (χ0) is 20.5. The van der Waals surface area contributed by atoms with Crippen LogP contribution >= 0.6 is 0 Å². The van der Waals surface area contributed by atoms with Crippen LogP contribution in [0.15, 0.2) is 41.1 Å². The molecule has 0 saturated carbocycles. The number of pyridine rings is 1. The second-order valence-corrected chi connectivity index (χ2v) is 7.01. The Labute approximate surface area is 172 Å². The first-order valence-corrected chi connectivity index (χ1v) is 9.63. The number of nitrogens with zero attached hydrogens (tertiary/aromatic N) is 5. The van der Waals surface area contributed by atoms with Gasteiger partial charge < -0.3 is 29.1 Å². The van der Waals surface area contributed by atoms with Gasteiger partial charge in [0.25, 0.3) is 0 Å². The van der Waals surface area contributed by atoms with Gasteiger partial charge in [-0.05, 0) is 24.3 Å². The molecule has 2 aliphatic heterocycles. The molecule has 0 aliphatic carbocycles. The number of aryl methyl sites for hydroxylation is 1. The summed E-state index contributed by atoms with van der Waals surface area (Å²) in [7, 11) is 0. The number of rotatable bonds is 3. The number of anilines is 2. The summed E-state index contributed by atoms with van der Waals surface area (Å²) in [6, 6.07) is 9.09. The fraction of sp³-hybridized carbons (Fsp3) is 0.300. The molecule has 1 N–H and O–H groups in total. The highest BCUT2D eigenvalue weighted by Crippen LogP contribution is 2.34. The van der Waals surface area contributed by atoms with Gasteiger partial charge in [0.05, 0.1) is 0 Å². The molecule has 0 unspecified atom stereocenters. The molecule has 4 heterocycles. The molecule has 0 atom stereocenters. The molecule has 1 saturated heterocycles. The van der Waals surface area contributed by atoms with Crippen LogP contribution in [-0.2, 0) is 0 Å². The SMILES string of the molecule is Cc1nc(-c2ccc(N3CCN(C(=O)Nc4ccc5c(c4)OCO5)CC3)nc2)no1. The van der Waals surface area contributed by atoms with Gasteiger partial charge in [-0.1, -0.05) is 5.16 Å². The Hall–Kier alpha value is -3.82. The van der Waals surface area contributed by atoms with Crippen LogP contribution in [0.2, 0.25) is 0 Å². The average Bonchev–Trinajstić information content (AvgIpc) is 3.42. The number of hydrogen-bond acceptors (Lipinski definition) is 8. The van der Waals surface area contributed by atoms with E-state index in [1.807, 2.05) is 12.1 Å². The van der Waals surface area contributed by atoms with Crippen LogP contribution in [0.5, 0.6) is 11.5 Å². The van der Waals surface area contributed by atoms with Gasteiger partial charge in [-0.15, -0.1) is 0 Å². The molecule has 0 spiro atoms. The molecule has 5 rings (SSSR count). The summed E-state index contributed by atoms with van der Waals surface area (Å²) in [6.07, 6.45) is 1.73. The highest BCUT2D eigenvalue weighted by atomic mass is 16.7. The summed E-state index contributed by atoms with van der Waals surface area (Å²) < 4.78 is 15.7. The molecule has 2 aliphatic rings. The van der Waals surface area contributed by atoms with E-state index in [9.17, 15) is 4.79 Å². The summed E-state index contributed by atoms with van der Waals surface area (Å²) in [4.78, 5) is 25.3. The minimum Gasteiger partial charge on any atom is -0.454 e. The molecule has 154 valence electrons. The van der Waals surface area contributed by atoms with Crippen LogP contribution in [-0.4, -0.2) is 59.0 Å². The first-order valence-electron chi connectivity index (χ1n) is 9.63. The van der Waals surface area contributed by atoms with Crippen molar-refractivity contribution in [2.75, 3.05) is 43.2 Å². The normalized spacial score (nSPS) is 15.4. The second-order valence-electron chi connectivity index (χ2n) is 7.01. The van der Waals surface area contributed by atoms with Gasteiger partial charge in [0, 0.05) is 56.6 Å². The molecule has 0 bridgehead atoms. The Bertz CT molecular complexity index is 1060. The van der Waals surface area contributed by atoms with Crippen molar-refractivity contribution in [2.45, 2.75) is 6.92 Å². The van der Waals surface area contributed by atoms with Crippen molar-refractivity contribution in [1.29, 1.82) is 0 Å². The van der Waals surface area contributed by atoms with Crippen molar-refractivity contribution < 1.29 is 18.8 Å². The van der Waals surface area contributed by atoms with E-state index >= 15 is 0 Å². The largest absolute Gasteiger partial charge is 0.454 e. The lowest BCUT2D eigenvalue weighted by molar-refractivity contribution is 0.174. The number of benzene rings is 1. The van der Waals surface area contributed by atoms with Gasteiger partial charge in [-0.2, -0.15) is 4.98 Å². The summed E-state index contributed by atoms with van der Waals surface area (Å²) >= 11 is 0. The van der Waals surface area contributed by atoms with Crippen molar-refractivity contribution in [3.05, 3.63) is 42.4 Å². The van der Waals surface area contributed by atoms with Crippen LogP contribution in [0.3, 0.4) is 0 Å². The predicted octanol–water partition coefficient (Wildman–Crippen LogP) is 2.52. The maximum Gasteiger partial charge on any atom is 0.321 e. The van der Waals surface area contributed by atoms with Gasteiger partial charge in [0.1, 0.15) is 5.82 Å². The maximum absolute atomic E-state index is 12.6. The van der Waals surface area contributed by atoms with Gasteiger partial charge in [-0.3, -0.25) is 0 Å². The Morgan fingerprint density at radius 2 is 1.90 bits per heavy atom. The molecule has 10 heteroatoms. The van der Waals surface area contributed by atoms with Crippen LogP contribution in [0.1, 0.15) is 5.89 Å². The number of carbonyl (C=O) groups excluding carboxylic acids is 1. The number of fused-ring (bicyclic) bond motifs is 1. The number of hydrogen-bond donors (Lipinski definition) is 1. The quantitative estimate of drug-likeness (QED) is 0.705. The number of nitrogens with one attached hydrogen (secondary N) is 1. The van der Waals surface area contributed by atoms with E-state index in [1.54, 1.807) is 36.2 Å². The van der Waals surface area contributed by atoms with Gasteiger partial charge in [-0.25, -0.2) is 9.78 Å². The van der Waals surface area contributed by atoms with E-state index in [2.05, 4.69) is 25.3 Å². The Kier molecular flexibility index (Phi) is 4.58. The van der Waals surface area contributed by atoms with Crippen molar-refractivity contribution >= 4 is 17.5 Å². The van der Waals surface area contributed by atoms with Crippen molar-refractivity contribution in [1.82, 2.24) is 20.0 Å². The third kappa shape index (κ3) is 3.59. The molecular weight excluding hydrogens is 388 g/mol. The monoisotopic (exact) mass is 408 g/mol. The van der Waals surface area contributed by atoms with Crippen molar-refractivity contribution in [2.24, 2.45) is 0 Å². The van der Waals surface area contributed by atoms with E-state index in [0.717, 1.165) is 11.4 Å². The van der Waals surface area contributed by atoms with E-state index in [1.165, 1.54) is 0 Å². The Morgan fingerprint density at radius 3 is 2.63 bits per heavy atom. The molecule has 2 amide bonds. The molecule has 2 aromatic heterocycles. The second kappa shape index (κ2) is 7.54. The Balaban J connectivity index is 1.17. The summed E-state index contributed by atoms with van der Waals surface area (Å²) in [6.45, 7) is 4.55. The van der Waals surface area contributed by atoms with Crippen molar-refractivity contribution in [3.8, 4) is 22.9 Å². The Morgan fingerprint density at radius 1 is 1.07 bits per heavy atom. The first kappa shape index (κ1) is 18.2. The highest BCUT2D eigenvalue weighted by molar-refractivity contribution is 5.90. The van der Waals surface area contributed by atoms with E-state index in [-0.39, 0.29) is 12.8 Å². The number of urea groups is 1. The lowest BCUT2D eigenvalue weighted by Gasteiger charge is -2.35. The first-order chi connectivity index (χ1) is 14.7. The predicted molar refractivity (Wildman–Crippen MR) is 108 cm³/mol. The lowest BCUT2D eigenvalue weighted by atomic mass is 10.2. The van der Waals surface area contributed by atoms with Crippen molar-refractivity contribution in [3.63, 3.8) is 0 Å². The van der Waals surface area contributed by atoms with E-state index in [0.29, 0.717) is 55.1 Å². The van der Waals surface area contributed by atoms with E-state index < -0.39 is 0 Å².